The molecule has 3 heterocycles. The third-order valence-electron chi connectivity index (χ3n) is 6.19. The number of rotatable bonds is 9. The van der Waals surface area contributed by atoms with Crippen LogP contribution in [-0.4, -0.2) is 34.2 Å². The average molecular weight is 428 g/mol. The zero-order valence-electron chi connectivity index (χ0n) is 17.6. The number of anilines is 1. The third-order valence-corrected chi connectivity index (χ3v) is 6.19. The lowest BCUT2D eigenvalue weighted by Gasteiger charge is -2.52. The molecular weight excluding hydrogens is 397 g/mol. The van der Waals surface area contributed by atoms with Gasteiger partial charge in [0.1, 0.15) is 5.82 Å². The Bertz CT molecular complexity index is 703. The maximum atomic E-state index is 12.8. The van der Waals surface area contributed by atoms with Gasteiger partial charge in [-0.05, 0) is 25.2 Å². The van der Waals surface area contributed by atoms with E-state index in [1.54, 1.807) is 0 Å². The molecular formula is C21H31F3N4O2. The van der Waals surface area contributed by atoms with Crippen LogP contribution in [0, 0.1) is 11.8 Å². The van der Waals surface area contributed by atoms with Gasteiger partial charge >= 0.3 is 12.1 Å². The molecule has 2 aliphatic heterocycles. The number of esters is 1. The van der Waals surface area contributed by atoms with Crippen molar-refractivity contribution in [3.05, 3.63) is 18.1 Å². The van der Waals surface area contributed by atoms with Crippen molar-refractivity contribution in [1.29, 1.82) is 0 Å². The fourth-order valence-electron chi connectivity index (χ4n) is 4.28. The van der Waals surface area contributed by atoms with Gasteiger partial charge in [0.25, 0.3) is 0 Å². The number of carbonyl (C=O) groups is 1. The minimum atomic E-state index is -4.53. The van der Waals surface area contributed by atoms with Crippen LogP contribution >= 0.6 is 0 Å². The first kappa shape index (κ1) is 22.8. The molecule has 0 aromatic carbocycles. The molecule has 3 aliphatic rings. The van der Waals surface area contributed by atoms with Crippen LogP contribution in [0.3, 0.4) is 0 Å². The lowest BCUT2D eigenvalue weighted by molar-refractivity contribution is -0.182. The molecule has 4 rings (SSSR count). The highest BCUT2D eigenvalue weighted by Gasteiger charge is 2.51. The van der Waals surface area contributed by atoms with E-state index in [1.807, 2.05) is 6.92 Å². The van der Waals surface area contributed by atoms with Gasteiger partial charge in [-0.15, -0.1) is 0 Å². The predicted molar refractivity (Wildman–Crippen MR) is 107 cm³/mol. The van der Waals surface area contributed by atoms with Gasteiger partial charge in [0.2, 0.25) is 0 Å². The van der Waals surface area contributed by atoms with E-state index in [0.717, 1.165) is 57.7 Å². The molecule has 1 aromatic rings. The molecule has 1 saturated carbocycles. The molecule has 3 fully saturated rings. The highest BCUT2D eigenvalue weighted by Crippen LogP contribution is 2.40. The van der Waals surface area contributed by atoms with Crippen LogP contribution in [0.2, 0.25) is 0 Å². The number of nitrogens with one attached hydrogen (secondary N) is 2. The number of ether oxygens (including phenoxy) is 1. The van der Waals surface area contributed by atoms with Crippen LogP contribution in [0.25, 0.3) is 0 Å². The van der Waals surface area contributed by atoms with Gasteiger partial charge in [-0.1, -0.05) is 39.5 Å². The Balaban J connectivity index is 1.64. The van der Waals surface area contributed by atoms with E-state index in [4.69, 9.17) is 4.74 Å². The van der Waals surface area contributed by atoms with Gasteiger partial charge in [0.05, 0.1) is 24.4 Å². The van der Waals surface area contributed by atoms with Crippen molar-refractivity contribution in [1.82, 2.24) is 15.3 Å². The fourth-order valence-corrected chi connectivity index (χ4v) is 4.28. The first-order chi connectivity index (χ1) is 14.2. The van der Waals surface area contributed by atoms with Gasteiger partial charge < -0.3 is 10.1 Å². The Morgan fingerprint density at radius 3 is 2.73 bits per heavy atom. The number of carbonyl (C=O) groups excluding carboxylic acids is 1. The lowest BCUT2D eigenvalue weighted by Crippen LogP contribution is -2.68. The van der Waals surface area contributed by atoms with E-state index in [9.17, 15) is 18.0 Å². The summed E-state index contributed by atoms with van der Waals surface area (Å²) in [4.78, 5) is 20.1. The molecule has 1 aromatic heterocycles. The van der Waals surface area contributed by atoms with Gasteiger partial charge in [0, 0.05) is 13.0 Å². The second-order valence-electron chi connectivity index (χ2n) is 8.56. The fraction of sp³-hybridized carbons (Fsp3) is 0.762. The van der Waals surface area contributed by atoms with Crippen LogP contribution in [0.5, 0.6) is 0 Å². The number of nitrogens with zero attached hydrogens (tertiary/aromatic N) is 2. The summed E-state index contributed by atoms with van der Waals surface area (Å²) >= 11 is 0. The van der Waals surface area contributed by atoms with E-state index in [2.05, 4.69) is 27.5 Å². The van der Waals surface area contributed by atoms with Crippen LogP contribution in [0.15, 0.2) is 12.4 Å². The number of fused-ring (bicyclic) bond motifs is 3. The average Bonchev–Trinajstić information content (AvgIpc) is 2.72. The summed E-state index contributed by atoms with van der Waals surface area (Å²) < 4.78 is 44.2. The molecule has 0 spiro atoms. The smallest absolute Gasteiger partial charge is 0.434 e. The minimum Gasteiger partial charge on any atom is -0.441 e. The Labute approximate surface area is 175 Å². The lowest BCUT2D eigenvalue weighted by atomic mass is 9.75. The molecule has 168 valence electrons. The van der Waals surface area contributed by atoms with Crippen LogP contribution < -0.4 is 10.6 Å². The predicted octanol–water partition coefficient (Wildman–Crippen LogP) is 4.53. The summed E-state index contributed by atoms with van der Waals surface area (Å²) in [6, 6.07) is -0.271. The summed E-state index contributed by atoms with van der Waals surface area (Å²) in [5, 5.41) is 6.52. The van der Waals surface area contributed by atoms with Crippen molar-refractivity contribution in [3.8, 4) is 0 Å². The molecule has 2 bridgehead atoms. The Hall–Kier alpha value is -1.90. The molecule has 2 saturated heterocycles. The van der Waals surface area contributed by atoms with Crippen molar-refractivity contribution >= 4 is 11.8 Å². The maximum absolute atomic E-state index is 12.8. The van der Waals surface area contributed by atoms with Gasteiger partial charge in [-0.3, -0.25) is 10.1 Å². The van der Waals surface area contributed by atoms with Gasteiger partial charge in [-0.25, -0.2) is 9.97 Å². The van der Waals surface area contributed by atoms with Crippen LogP contribution in [0.4, 0.5) is 19.0 Å². The van der Waals surface area contributed by atoms with Gasteiger partial charge in [-0.2, -0.15) is 13.2 Å². The van der Waals surface area contributed by atoms with Crippen molar-refractivity contribution < 1.29 is 22.7 Å². The van der Waals surface area contributed by atoms with Crippen molar-refractivity contribution in [2.75, 3.05) is 11.9 Å². The number of alkyl halides is 3. The summed E-state index contributed by atoms with van der Waals surface area (Å²) in [5.41, 5.74) is -1.90. The molecule has 9 heteroatoms. The topological polar surface area (TPSA) is 76.1 Å². The van der Waals surface area contributed by atoms with E-state index in [-0.39, 0.29) is 23.7 Å². The first-order valence-electron chi connectivity index (χ1n) is 10.9. The quantitative estimate of drug-likeness (QED) is 0.445. The van der Waals surface area contributed by atoms with E-state index < -0.39 is 17.6 Å². The van der Waals surface area contributed by atoms with Crippen LogP contribution in [-0.2, 0) is 15.7 Å². The largest absolute Gasteiger partial charge is 0.441 e. The minimum absolute atomic E-state index is 0.191. The molecule has 30 heavy (non-hydrogen) atoms. The SMILES string of the molecule is CCCCCCC(C)C(=O)OC12CCC(CN1)CC2Nc1cnc(C(F)(F)F)cn1. The van der Waals surface area contributed by atoms with Crippen LogP contribution in [0.1, 0.15) is 70.9 Å². The molecule has 4 unspecified atom stereocenters. The number of aromatic nitrogens is 2. The summed E-state index contributed by atoms with van der Waals surface area (Å²) in [6.07, 6.45) is 4.84. The first-order valence-corrected chi connectivity index (χ1v) is 10.9. The highest BCUT2D eigenvalue weighted by molar-refractivity contribution is 5.72. The van der Waals surface area contributed by atoms with Crippen molar-refractivity contribution in [2.45, 2.75) is 83.2 Å². The number of unbranched alkanes of at least 4 members (excludes halogenated alkanes) is 3. The standard InChI is InChI=1S/C21H31F3N4O2/c1-3-4-5-6-7-14(2)19(29)30-20-9-8-15(11-27-20)10-16(20)28-18-13-25-17(12-26-18)21(22,23)24/h12-16,27H,3-11H2,1-2H3,(H,26,28). The summed E-state index contributed by atoms with van der Waals surface area (Å²) in [5.74, 6) is 0.246. The van der Waals surface area contributed by atoms with Gasteiger partial charge in [0.15, 0.2) is 11.4 Å². The monoisotopic (exact) mass is 428 g/mol. The van der Waals surface area contributed by atoms with Crippen molar-refractivity contribution in [3.63, 3.8) is 0 Å². The molecule has 2 N–H and O–H groups in total. The van der Waals surface area contributed by atoms with E-state index >= 15 is 0 Å². The Morgan fingerprint density at radius 2 is 2.13 bits per heavy atom. The second-order valence-corrected chi connectivity index (χ2v) is 8.56. The van der Waals surface area contributed by atoms with E-state index in [0.29, 0.717) is 18.5 Å². The normalized spacial score (nSPS) is 27.0. The highest BCUT2D eigenvalue weighted by atomic mass is 19.4. The number of hydrogen-bond acceptors (Lipinski definition) is 6. The number of piperidine rings is 2. The zero-order chi connectivity index (χ0) is 21.8. The molecule has 1 aliphatic carbocycles. The Morgan fingerprint density at radius 1 is 1.33 bits per heavy atom. The number of hydrogen-bond donors (Lipinski definition) is 2. The third kappa shape index (κ3) is 5.42. The Kier molecular flexibility index (Phi) is 7.21. The van der Waals surface area contributed by atoms with E-state index in [1.165, 1.54) is 0 Å². The number of halogens is 3. The summed E-state index contributed by atoms with van der Waals surface area (Å²) in [6.45, 7) is 4.80. The molecule has 6 nitrogen and oxygen atoms in total. The molecule has 4 atom stereocenters. The summed E-state index contributed by atoms with van der Waals surface area (Å²) in [7, 11) is 0. The van der Waals surface area contributed by atoms with Crippen molar-refractivity contribution in [2.24, 2.45) is 11.8 Å². The molecule has 0 radical (unpaired) electrons. The second kappa shape index (κ2) is 9.49. The molecule has 0 amide bonds. The zero-order valence-corrected chi connectivity index (χ0v) is 17.6. The maximum Gasteiger partial charge on any atom is 0.434 e.